The molecule has 0 radical (unpaired) electrons. The summed E-state index contributed by atoms with van der Waals surface area (Å²) in [6.45, 7) is 5.95. The van der Waals surface area contributed by atoms with Crippen LogP contribution in [0.15, 0.2) is 91.0 Å². The standard InChI is InChI=1S/C32H26ClNO2/c1-20-16-21(2)30-28(17-20)29(22(3)31(34-30)25-10-7-11-26(33)19-25)32(35)36-27-14-12-24(13-15-27)18-23-8-5-4-6-9-23/h4-17,19H,18H2,1-3H3. The van der Waals surface area contributed by atoms with E-state index in [0.717, 1.165) is 50.8 Å². The molecule has 1 heterocycles. The highest BCUT2D eigenvalue weighted by Gasteiger charge is 2.22. The largest absolute Gasteiger partial charge is 0.423 e. The van der Waals surface area contributed by atoms with Gasteiger partial charge < -0.3 is 4.74 Å². The van der Waals surface area contributed by atoms with Crippen LogP contribution >= 0.6 is 11.6 Å². The van der Waals surface area contributed by atoms with E-state index in [1.54, 1.807) is 0 Å². The van der Waals surface area contributed by atoms with Crippen molar-refractivity contribution in [3.8, 4) is 17.0 Å². The molecule has 0 aliphatic carbocycles. The number of carbonyl (C=O) groups excluding carboxylic acids is 1. The Hall–Kier alpha value is -3.95. The Kier molecular flexibility index (Phi) is 6.58. The van der Waals surface area contributed by atoms with E-state index in [9.17, 15) is 4.79 Å². The van der Waals surface area contributed by atoms with Gasteiger partial charge in [0.1, 0.15) is 5.75 Å². The number of fused-ring (bicyclic) bond motifs is 1. The number of aryl methyl sites for hydroxylation is 2. The fourth-order valence-electron chi connectivity index (χ4n) is 4.66. The van der Waals surface area contributed by atoms with Crippen molar-refractivity contribution >= 4 is 28.5 Å². The van der Waals surface area contributed by atoms with Crippen LogP contribution in [-0.2, 0) is 6.42 Å². The smallest absolute Gasteiger partial charge is 0.344 e. The van der Waals surface area contributed by atoms with Crippen molar-refractivity contribution in [2.24, 2.45) is 0 Å². The third-order valence-corrected chi connectivity index (χ3v) is 6.59. The van der Waals surface area contributed by atoms with E-state index in [1.165, 1.54) is 5.56 Å². The monoisotopic (exact) mass is 491 g/mol. The number of carbonyl (C=O) groups is 1. The van der Waals surface area contributed by atoms with Crippen molar-refractivity contribution in [2.45, 2.75) is 27.2 Å². The second-order valence-electron chi connectivity index (χ2n) is 9.14. The van der Waals surface area contributed by atoms with Crippen molar-refractivity contribution in [3.63, 3.8) is 0 Å². The Morgan fingerprint density at radius 2 is 1.56 bits per heavy atom. The maximum absolute atomic E-state index is 13.6. The highest BCUT2D eigenvalue weighted by atomic mass is 35.5. The summed E-state index contributed by atoms with van der Waals surface area (Å²) in [7, 11) is 0. The molecular weight excluding hydrogens is 466 g/mol. The Labute approximate surface area is 216 Å². The van der Waals surface area contributed by atoms with Gasteiger partial charge in [0.25, 0.3) is 0 Å². The quantitative estimate of drug-likeness (QED) is 0.183. The van der Waals surface area contributed by atoms with E-state index in [4.69, 9.17) is 21.3 Å². The van der Waals surface area contributed by atoms with Crippen LogP contribution in [0, 0.1) is 20.8 Å². The molecule has 1 aromatic heterocycles. The molecule has 0 amide bonds. The Bertz CT molecular complexity index is 1570. The lowest BCUT2D eigenvalue weighted by Gasteiger charge is -2.16. The zero-order chi connectivity index (χ0) is 25.2. The number of hydrogen-bond donors (Lipinski definition) is 0. The summed E-state index contributed by atoms with van der Waals surface area (Å²) >= 11 is 6.27. The molecule has 4 aromatic carbocycles. The topological polar surface area (TPSA) is 39.2 Å². The fourth-order valence-corrected chi connectivity index (χ4v) is 4.85. The first-order valence-electron chi connectivity index (χ1n) is 11.9. The lowest BCUT2D eigenvalue weighted by Crippen LogP contribution is -2.13. The van der Waals surface area contributed by atoms with Gasteiger partial charge >= 0.3 is 5.97 Å². The van der Waals surface area contributed by atoms with Crippen LogP contribution in [-0.4, -0.2) is 11.0 Å². The number of nitrogens with zero attached hydrogens (tertiary/aromatic N) is 1. The van der Waals surface area contributed by atoms with Crippen LogP contribution in [0.2, 0.25) is 5.02 Å². The molecule has 3 nitrogen and oxygen atoms in total. The molecule has 0 N–H and O–H groups in total. The first-order chi connectivity index (χ1) is 17.4. The molecule has 36 heavy (non-hydrogen) atoms. The molecule has 0 saturated heterocycles. The fraction of sp³-hybridized carbons (Fsp3) is 0.125. The summed E-state index contributed by atoms with van der Waals surface area (Å²) in [6.07, 6.45) is 0.824. The van der Waals surface area contributed by atoms with E-state index >= 15 is 0 Å². The predicted molar refractivity (Wildman–Crippen MR) is 147 cm³/mol. The molecule has 0 saturated carbocycles. The van der Waals surface area contributed by atoms with E-state index in [-0.39, 0.29) is 0 Å². The zero-order valence-electron chi connectivity index (χ0n) is 20.5. The van der Waals surface area contributed by atoms with Gasteiger partial charge in [-0.2, -0.15) is 0 Å². The van der Waals surface area contributed by atoms with Crippen LogP contribution in [0.5, 0.6) is 5.75 Å². The highest BCUT2D eigenvalue weighted by molar-refractivity contribution is 6.30. The molecule has 0 unspecified atom stereocenters. The molecule has 0 aliphatic rings. The predicted octanol–water partition coefficient (Wildman–Crippen LogP) is 8.29. The number of halogens is 1. The van der Waals surface area contributed by atoms with Crippen LogP contribution in [0.4, 0.5) is 0 Å². The number of benzene rings is 4. The van der Waals surface area contributed by atoms with Crippen LogP contribution < -0.4 is 4.74 Å². The first kappa shape index (κ1) is 23.8. The molecule has 0 aliphatic heterocycles. The number of hydrogen-bond acceptors (Lipinski definition) is 3. The van der Waals surface area contributed by atoms with Gasteiger partial charge in [-0.05, 0) is 79.8 Å². The minimum Gasteiger partial charge on any atom is -0.423 e. The zero-order valence-corrected chi connectivity index (χ0v) is 21.3. The summed E-state index contributed by atoms with van der Waals surface area (Å²) in [5, 5.41) is 1.41. The van der Waals surface area contributed by atoms with Crippen molar-refractivity contribution in [3.05, 3.63) is 129 Å². The number of aromatic nitrogens is 1. The van der Waals surface area contributed by atoms with Crippen LogP contribution in [0.1, 0.15) is 38.2 Å². The molecule has 5 rings (SSSR count). The second kappa shape index (κ2) is 9.96. The normalized spacial score (nSPS) is 11.0. The van der Waals surface area contributed by atoms with Gasteiger partial charge in [0.05, 0.1) is 16.8 Å². The number of ether oxygens (including phenoxy) is 1. The summed E-state index contributed by atoms with van der Waals surface area (Å²) in [4.78, 5) is 18.6. The summed E-state index contributed by atoms with van der Waals surface area (Å²) in [5.74, 6) is 0.110. The van der Waals surface area contributed by atoms with Crippen molar-refractivity contribution in [2.75, 3.05) is 0 Å². The van der Waals surface area contributed by atoms with Crippen molar-refractivity contribution in [1.82, 2.24) is 4.98 Å². The van der Waals surface area contributed by atoms with Crippen molar-refractivity contribution < 1.29 is 9.53 Å². The number of rotatable bonds is 5. The van der Waals surface area contributed by atoms with E-state index in [2.05, 4.69) is 18.2 Å². The third-order valence-electron chi connectivity index (χ3n) is 6.36. The van der Waals surface area contributed by atoms with Crippen LogP contribution in [0.25, 0.3) is 22.2 Å². The second-order valence-corrected chi connectivity index (χ2v) is 9.58. The number of esters is 1. The summed E-state index contributed by atoms with van der Waals surface area (Å²) in [6, 6.07) is 29.6. The molecule has 0 bridgehead atoms. The number of pyridine rings is 1. The highest BCUT2D eigenvalue weighted by Crippen LogP contribution is 2.33. The SMILES string of the molecule is Cc1cc(C)c2nc(-c3cccc(Cl)c3)c(C)c(C(=O)Oc3ccc(Cc4ccccc4)cc3)c2c1. The maximum atomic E-state index is 13.6. The maximum Gasteiger partial charge on any atom is 0.344 e. The van der Waals surface area contributed by atoms with Crippen molar-refractivity contribution in [1.29, 1.82) is 0 Å². The van der Waals surface area contributed by atoms with Gasteiger partial charge in [0.2, 0.25) is 0 Å². The van der Waals surface area contributed by atoms with Gasteiger partial charge in [-0.25, -0.2) is 9.78 Å². The van der Waals surface area contributed by atoms with Gasteiger partial charge in [-0.3, -0.25) is 0 Å². The minimum atomic E-state index is -0.399. The molecule has 4 heteroatoms. The summed E-state index contributed by atoms with van der Waals surface area (Å²) < 4.78 is 5.90. The lowest BCUT2D eigenvalue weighted by atomic mass is 9.95. The molecule has 0 fully saturated rings. The van der Waals surface area contributed by atoms with Gasteiger partial charge in [0, 0.05) is 16.0 Å². The average Bonchev–Trinajstić information content (AvgIpc) is 2.85. The lowest BCUT2D eigenvalue weighted by molar-refractivity contribution is 0.0736. The van der Waals surface area contributed by atoms with Gasteiger partial charge in [-0.15, -0.1) is 0 Å². The molecular formula is C32H26ClNO2. The summed E-state index contributed by atoms with van der Waals surface area (Å²) in [5.41, 5.74) is 8.12. The molecule has 5 aromatic rings. The van der Waals surface area contributed by atoms with Gasteiger partial charge in [-0.1, -0.05) is 77.8 Å². The van der Waals surface area contributed by atoms with Gasteiger partial charge in [0.15, 0.2) is 0 Å². The van der Waals surface area contributed by atoms with Crippen LogP contribution in [0.3, 0.4) is 0 Å². The Morgan fingerprint density at radius 3 is 2.28 bits per heavy atom. The Morgan fingerprint density at radius 1 is 0.833 bits per heavy atom. The van der Waals surface area contributed by atoms with E-state index in [0.29, 0.717) is 16.3 Å². The molecule has 0 atom stereocenters. The minimum absolute atomic E-state index is 0.399. The molecule has 0 spiro atoms. The first-order valence-corrected chi connectivity index (χ1v) is 12.3. The average molecular weight is 492 g/mol. The Balaban J connectivity index is 1.53. The third kappa shape index (κ3) is 4.89. The van der Waals surface area contributed by atoms with E-state index in [1.807, 2.05) is 93.6 Å². The van der Waals surface area contributed by atoms with E-state index < -0.39 is 5.97 Å². The molecule has 178 valence electrons.